The molecule has 0 saturated heterocycles. The van der Waals surface area contributed by atoms with Crippen LogP contribution in [-0.2, 0) is 6.18 Å². The van der Waals surface area contributed by atoms with Crippen molar-refractivity contribution < 1.29 is 13.2 Å². The molecular weight excluding hydrogens is 315 g/mol. The van der Waals surface area contributed by atoms with Gasteiger partial charge in [0.15, 0.2) is 0 Å². The van der Waals surface area contributed by atoms with Crippen molar-refractivity contribution in [3.05, 3.63) is 46.1 Å². The van der Waals surface area contributed by atoms with Gasteiger partial charge in [-0.05, 0) is 17.7 Å². The molecule has 0 aliphatic rings. The summed E-state index contributed by atoms with van der Waals surface area (Å²) in [5.41, 5.74) is 0.358. The highest BCUT2D eigenvalue weighted by molar-refractivity contribution is 6.30. The largest absolute Gasteiger partial charge is 0.431 e. The molecule has 1 aromatic heterocycles. The van der Waals surface area contributed by atoms with E-state index in [4.69, 9.17) is 11.6 Å². The lowest BCUT2D eigenvalue weighted by molar-refractivity contribution is -0.140. The molecule has 7 heteroatoms. The quantitative estimate of drug-likeness (QED) is 0.809. The van der Waals surface area contributed by atoms with E-state index in [1.165, 1.54) is 26.5 Å². The smallest absolute Gasteiger partial charge is 0.350 e. The van der Waals surface area contributed by atoms with Crippen molar-refractivity contribution in [2.75, 3.05) is 14.1 Å². The molecule has 1 N–H and O–H groups in total. The lowest BCUT2D eigenvalue weighted by Gasteiger charge is -2.05. The van der Waals surface area contributed by atoms with E-state index in [0.717, 1.165) is 0 Å². The van der Waals surface area contributed by atoms with Crippen molar-refractivity contribution >= 4 is 24.0 Å². The molecule has 0 aliphatic carbocycles. The zero-order valence-electron chi connectivity index (χ0n) is 11.9. The zero-order chi connectivity index (χ0) is 16.3. The predicted molar refractivity (Wildman–Crippen MR) is 83.3 cm³/mol. The first-order chi connectivity index (χ1) is 10.4. The van der Waals surface area contributed by atoms with Crippen LogP contribution in [0.4, 0.5) is 13.2 Å². The second-order valence-corrected chi connectivity index (χ2v) is 4.92. The number of rotatable bonds is 3. The normalized spacial score (nSPS) is 12.6. The molecule has 0 amide bonds. The number of benzene rings is 1. The highest BCUT2D eigenvalue weighted by Gasteiger charge is 2.37. The number of aliphatic imine (C=N–C) groups is 2. The van der Waals surface area contributed by atoms with Gasteiger partial charge in [0.2, 0.25) is 0 Å². The molecule has 0 aliphatic heterocycles. The highest BCUT2D eigenvalue weighted by Crippen LogP contribution is 2.36. The van der Waals surface area contributed by atoms with Crippen LogP contribution in [0.25, 0.3) is 11.3 Å². The van der Waals surface area contributed by atoms with Gasteiger partial charge in [-0.15, -0.1) is 0 Å². The van der Waals surface area contributed by atoms with Crippen molar-refractivity contribution in [3.63, 3.8) is 0 Å². The van der Waals surface area contributed by atoms with E-state index in [2.05, 4.69) is 15.0 Å². The minimum Gasteiger partial charge on any atom is -0.350 e. The Morgan fingerprint density at radius 3 is 2.05 bits per heavy atom. The first kappa shape index (κ1) is 16.3. The summed E-state index contributed by atoms with van der Waals surface area (Å²) in [5.74, 6) is 0. The number of nitrogens with zero attached hydrogens (tertiary/aromatic N) is 2. The Morgan fingerprint density at radius 1 is 1.00 bits per heavy atom. The number of alkyl halides is 3. The Morgan fingerprint density at radius 2 is 1.55 bits per heavy atom. The lowest BCUT2D eigenvalue weighted by Crippen LogP contribution is -2.09. The summed E-state index contributed by atoms with van der Waals surface area (Å²) in [4.78, 5) is 10.0. The van der Waals surface area contributed by atoms with Gasteiger partial charge < -0.3 is 4.98 Å². The summed E-state index contributed by atoms with van der Waals surface area (Å²) >= 11 is 5.82. The van der Waals surface area contributed by atoms with Crippen LogP contribution in [-0.4, -0.2) is 31.5 Å². The zero-order valence-corrected chi connectivity index (χ0v) is 12.6. The average Bonchev–Trinajstić information content (AvgIpc) is 2.80. The van der Waals surface area contributed by atoms with E-state index in [9.17, 15) is 13.2 Å². The van der Waals surface area contributed by atoms with Crippen LogP contribution in [0.3, 0.4) is 0 Å². The summed E-state index contributed by atoms with van der Waals surface area (Å²) in [5, 5.41) is 0.507. The van der Waals surface area contributed by atoms with Crippen molar-refractivity contribution in [2.45, 2.75) is 6.18 Å². The highest BCUT2D eigenvalue weighted by atomic mass is 35.5. The summed E-state index contributed by atoms with van der Waals surface area (Å²) in [6.45, 7) is 0. The molecule has 22 heavy (non-hydrogen) atoms. The summed E-state index contributed by atoms with van der Waals surface area (Å²) < 4.78 is 39.7. The molecule has 0 fully saturated rings. The van der Waals surface area contributed by atoms with Gasteiger partial charge in [0.25, 0.3) is 0 Å². The summed E-state index contributed by atoms with van der Waals surface area (Å²) in [6.07, 6.45) is -1.96. The van der Waals surface area contributed by atoms with Gasteiger partial charge in [-0.25, -0.2) is 0 Å². The van der Waals surface area contributed by atoms with E-state index in [1.807, 2.05) is 0 Å². The molecule has 116 valence electrons. The molecular formula is C15H13ClF3N3. The van der Waals surface area contributed by atoms with Crippen LogP contribution in [0.2, 0.25) is 5.02 Å². The molecule has 1 aromatic carbocycles. The van der Waals surface area contributed by atoms with E-state index < -0.39 is 11.9 Å². The topological polar surface area (TPSA) is 40.5 Å². The monoisotopic (exact) mass is 327 g/mol. The maximum absolute atomic E-state index is 13.2. The minimum absolute atomic E-state index is 0.0365. The van der Waals surface area contributed by atoms with E-state index >= 15 is 0 Å². The van der Waals surface area contributed by atoms with Crippen LogP contribution >= 0.6 is 11.6 Å². The Labute approximate surface area is 130 Å². The standard InChI is InChI=1S/C15H13ClF3N3/c1-20-7-11-12(8-21-2)14(15(17,18)19)22-13(11)9-3-5-10(16)6-4-9/h3-8,22H,1-2H3. The molecule has 0 radical (unpaired) electrons. The third-order valence-corrected chi connectivity index (χ3v) is 3.26. The third kappa shape index (κ3) is 3.22. The fourth-order valence-electron chi connectivity index (χ4n) is 2.12. The van der Waals surface area contributed by atoms with E-state index in [1.54, 1.807) is 24.3 Å². The number of halogens is 4. The van der Waals surface area contributed by atoms with Crippen LogP contribution in [0, 0.1) is 0 Å². The maximum atomic E-state index is 13.2. The second kappa shape index (κ2) is 6.36. The Bertz CT molecular complexity index is 713. The van der Waals surface area contributed by atoms with Crippen LogP contribution in [0.1, 0.15) is 16.8 Å². The minimum atomic E-state index is -4.52. The predicted octanol–water partition coefficient (Wildman–Crippen LogP) is 4.45. The number of aromatic amines is 1. The van der Waals surface area contributed by atoms with Gasteiger partial charge in [0, 0.05) is 42.7 Å². The maximum Gasteiger partial charge on any atom is 0.431 e. The third-order valence-electron chi connectivity index (χ3n) is 3.01. The molecule has 0 spiro atoms. The molecule has 0 bridgehead atoms. The molecule has 3 nitrogen and oxygen atoms in total. The number of H-pyrrole nitrogens is 1. The molecule has 0 saturated carbocycles. The Balaban J connectivity index is 2.75. The number of aromatic nitrogens is 1. The van der Waals surface area contributed by atoms with Gasteiger partial charge in [0.1, 0.15) is 5.69 Å². The van der Waals surface area contributed by atoms with Crippen molar-refractivity contribution in [1.82, 2.24) is 4.98 Å². The lowest BCUT2D eigenvalue weighted by atomic mass is 10.0. The number of nitrogens with one attached hydrogen (secondary N) is 1. The fourth-order valence-corrected chi connectivity index (χ4v) is 2.25. The van der Waals surface area contributed by atoms with Gasteiger partial charge in [0.05, 0.1) is 5.69 Å². The van der Waals surface area contributed by atoms with Gasteiger partial charge >= 0.3 is 6.18 Å². The van der Waals surface area contributed by atoms with E-state index in [0.29, 0.717) is 21.8 Å². The average molecular weight is 328 g/mol. The van der Waals surface area contributed by atoms with Gasteiger partial charge in [-0.1, -0.05) is 23.7 Å². The van der Waals surface area contributed by atoms with E-state index in [-0.39, 0.29) is 5.56 Å². The SMILES string of the molecule is CN=Cc1c(-c2ccc(Cl)cc2)[nH]c(C(F)(F)F)c1C=NC. The van der Waals surface area contributed by atoms with Crippen LogP contribution in [0.5, 0.6) is 0 Å². The molecule has 2 aromatic rings. The first-order valence-electron chi connectivity index (χ1n) is 6.32. The van der Waals surface area contributed by atoms with Gasteiger partial charge in [-0.2, -0.15) is 13.2 Å². The molecule has 0 unspecified atom stereocenters. The second-order valence-electron chi connectivity index (χ2n) is 4.48. The fraction of sp³-hybridized carbons (Fsp3) is 0.200. The molecule has 0 atom stereocenters. The summed E-state index contributed by atoms with van der Waals surface area (Å²) in [6, 6.07) is 6.53. The van der Waals surface area contributed by atoms with Gasteiger partial charge in [-0.3, -0.25) is 9.98 Å². The Kier molecular flexibility index (Phi) is 4.71. The molecule has 1 heterocycles. The van der Waals surface area contributed by atoms with Crippen molar-refractivity contribution in [3.8, 4) is 11.3 Å². The first-order valence-corrected chi connectivity index (χ1v) is 6.69. The molecule has 2 rings (SSSR count). The van der Waals surface area contributed by atoms with Crippen molar-refractivity contribution in [2.24, 2.45) is 9.98 Å². The number of hydrogen-bond acceptors (Lipinski definition) is 2. The van der Waals surface area contributed by atoms with Crippen LogP contribution < -0.4 is 0 Å². The summed E-state index contributed by atoms with van der Waals surface area (Å²) in [7, 11) is 2.92. The Hall–Kier alpha value is -2.08. The number of hydrogen-bond donors (Lipinski definition) is 1. The van der Waals surface area contributed by atoms with Crippen LogP contribution in [0.15, 0.2) is 34.3 Å². The van der Waals surface area contributed by atoms with Crippen molar-refractivity contribution in [1.29, 1.82) is 0 Å².